The van der Waals surface area contributed by atoms with E-state index in [4.69, 9.17) is 0 Å². The van der Waals surface area contributed by atoms with Crippen molar-refractivity contribution in [2.24, 2.45) is 5.92 Å². The molecule has 4 heteroatoms. The second kappa shape index (κ2) is 6.14. The molecule has 2 heterocycles. The molecular formula is C13H26N2O2. The summed E-state index contributed by atoms with van der Waals surface area (Å²) in [7, 11) is 0. The summed E-state index contributed by atoms with van der Waals surface area (Å²) in [6.07, 6.45) is 2.92. The highest BCUT2D eigenvalue weighted by Crippen LogP contribution is 2.16. The third kappa shape index (κ3) is 4.21. The van der Waals surface area contributed by atoms with E-state index >= 15 is 0 Å². The van der Waals surface area contributed by atoms with Gasteiger partial charge in [0.1, 0.15) is 0 Å². The highest BCUT2D eigenvalue weighted by molar-refractivity contribution is 4.79. The number of likely N-dealkylation sites (tertiary alicyclic amines) is 2. The van der Waals surface area contributed by atoms with E-state index in [1.807, 2.05) is 0 Å². The van der Waals surface area contributed by atoms with Gasteiger partial charge in [0.2, 0.25) is 0 Å². The molecule has 0 radical (unpaired) electrons. The van der Waals surface area contributed by atoms with Crippen LogP contribution in [0.3, 0.4) is 0 Å². The maximum absolute atomic E-state index is 10.0. The van der Waals surface area contributed by atoms with Crippen molar-refractivity contribution in [3.8, 4) is 0 Å². The van der Waals surface area contributed by atoms with Crippen molar-refractivity contribution >= 4 is 0 Å². The van der Waals surface area contributed by atoms with Crippen molar-refractivity contribution in [3.63, 3.8) is 0 Å². The molecule has 0 aromatic heterocycles. The summed E-state index contributed by atoms with van der Waals surface area (Å²) in [4.78, 5) is 4.54. The molecule has 4 nitrogen and oxygen atoms in total. The topological polar surface area (TPSA) is 46.9 Å². The Balaban J connectivity index is 1.65. The highest BCUT2D eigenvalue weighted by Gasteiger charge is 2.24. The van der Waals surface area contributed by atoms with E-state index in [-0.39, 0.29) is 12.2 Å². The van der Waals surface area contributed by atoms with Gasteiger partial charge in [-0.15, -0.1) is 0 Å². The van der Waals surface area contributed by atoms with Crippen LogP contribution in [0, 0.1) is 5.92 Å². The predicted molar refractivity (Wildman–Crippen MR) is 67.9 cm³/mol. The van der Waals surface area contributed by atoms with Gasteiger partial charge in [-0.05, 0) is 38.3 Å². The molecule has 2 atom stereocenters. The number of hydrogen-bond acceptors (Lipinski definition) is 4. The zero-order valence-electron chi connectivity index (χ0n) is 10.9. The summed E-state index contributed by atoms with van der Waals surface area (Å²) >= 11 is 0. The summed E-state index contributed by atoms with van der Waals surface area (Å²) in [6.45, 7) is 7.72. The van der Waals surface area contributed by atoms with Gasteiger partial charge < -0.3 is 15.1 Å². The van der Waals surface area contributed by atoms with Crippen molar-refractivity contribution in [2.45, 2.75) is 38.4 Å². The number of β-amino-alcohol motifs (C(OH)–C–C–N with tert-alkyl or cyclic N) is 2. The Kier molecular flexibility index (Phi) is 4.79. The zero-order chi connectivity index (χ0) is 12.3. The quantitative estimate of drug-likeness (QED) is 0.736. The lowest BCUT2D eigenvalue weighted by atomic mass is 9.99. The van der Waals surface area contributed by atoms with Gasteiger partial charge in [0, 0.05) is 26.2 Å². The molecule has 0 aliphatic carbocycles. The Hall–Kier alpha value is -0.160. The SMILES string of the molecule is CC1CCN(CC(O)CN2CCC(O)C2)CC1. The molecular weight excluding hydrogens is 216 g/mol. The number of aliphatic hydroxyl groups is 2. The molecule has 0 saturated carbocycles. The second-order valence-corrected chi connectivity index (χ2v) is 5.84. The van der Waals surface area contributed by atoms with Crippen LogP contribution in [-0.4, -0.2) is 71.5 Å². The molecule has 0 aromatic rings. The lowest BCUT2D eigenvalue weighted by Crippen LogP contribution is -2.42. The highest BCUT2D eigenvalue weighted by atomic mass is 16.3. The van der Waals surface area contributed by atoms with E-state index in [1.54, 1.807) is 0 Å². The Labute approximate surface area is 104 Å². The lowest BCUT2D eigenvalue weighted by molar-refractivity contribution is 0.0635. The molecule has 100 valence electrons. The first kappa shape index (κ1) is 13.3. The Morgan fingerprint density at radius 3 is 2.24 bits per heavy atom. The molecule has 2 fully saturated rings. The standard InChI is InChI=1S/C13H26N2O2/c1-11-2-5-14(6-3-11)9-13(17)10-15-7-4-12(16)8-15/h11-13,16-17H,2-10H2,1H3. The van der Waals surface area contributed by atoms with Crippen molar-refractivity contribution in [2.75, 3.05) is 39.3 Å². The molecule has 0 aromatic carbocycles. The number of rotatable bonds is 4. The van der Waals surface area contributed by atoms with E-state index in [1.165, 1.54) is 12.8 Å². The van der Waals surface area contributed by atoms with Crippen LogP contribution >= 0.6 is 0 Å². The van der Waals surface area contributed by atoms with Crippen LogP contribution < -0.4 is 0 Å². The number of aliphatic hydroxyl groups excluding tert-OH is 2. The minimum Gasteiger partial charge on any atom is -0.392 e. The van der Waals surface area contributed by atoms with Gasteiger partial charge in [-0.3, -0.25) is 4.90 Å². The molecule has 17 heavy (non-hydrogen) atoms. The van der Waals surface area contributed by atoms with Gasteiger partial charge in [0.25, 0.3) is 0 Å². The number of nitrogens with zero attached hydrogens (tertiary/aromatic N) is 2. The van der Waals surface area contributed by atoms with Crippen LogP contribution in [0.25, 0.3) is 0 Å². The first-order valence-corrected chi connectivity index (χ1v) is 6.94. The molecule has 0 amide bonds. The fraction of sp³-hybridized carbons (Fsp3) is 1.00. The average Bonchev–Trinajstić information content (AvgIpc) is 2.67. The molecule has 0 bridgehead atoms. The molecule has 2 rings (SSSR count). The normalized spacial score (nSPS) is 30.9. The summed E-state index contributed by atoms with van der Waals surface area (Å²) in [5.74, 6) is 0.845. The van der Waals surface area contributed by atoms with Crippen LogP contribution in [0.5, 0.6) is 0 Å². The average molecular weight is 242 g/mol. The minimum atomic E-state index is -0.270. The van der Waals surface area contributed by atoms with Crippen molar-refractivity contribution in [1.82, 2.24) is 9.80 Å². The monoisotopic (exact) mass is 242 g/mol. The number of hydrogen-bond donors (Lipinski definition) is 2. The molecule has 2 aliphatic heterocycles. The van der Waals surface area contributed by atoms with E-state index in [0.717, 1.165) is 45.1 Å². The van der Waals surface area contributed by atoms with Crippen molar-refractivity contribution < 1.29 is 10.2 Å². The summed E-state index contributed by atoms with van der Waals surface area (Å²) in [6, 6.07) is 0. The molecule has 2 N–H and O–H groups in total. The fourth-order valence-corrected chi connectivity index (χ4v) is 2.88. The van der Waals surface area contributed by atoms with Gasteiger partial charge >= 0.3 is 0 Å². The van der Waals surface area contributed by atoms with Gasteiger partial charge in [0.15, 0.2) is 0 Å². The summed E-state index contributed by atoms with van der Waals surface area (Å²) in [5.41, 5.74) is 0. The van der Waals surface area contributed by atoms with Crippen LogP contribution in [0.4, 0.5) is 0 Å². The largest absolute Gasteiger partial charge is 0.392 e. The van der Waals surface area contributed by atoms with Crippen LogP contribution in [0.15, 0.2) is 0 Å². The lowest BCUT2D eigenvalue weighted by Gasteiger charge is -2.32. The van der Waals surface area contributed by atoms with Gasteiger partial charge in [-0.25, -0.2) is 0 Å². The first-order valence-electron chi connectivity index (χ1n) is 6.94. The summed E-state index contributed by atoms with van der Waals surface area (Å²) < 4.78 is 0. The van der Waals surface area contributed by atoms with Gasteiger partial charge in [-0.1, -0.05) is 6.92 Å². The Bertz CT molecular complexity index is 229. The maximum Gasteiger partial charge on any atom is 0.0793 e. The summed E-state index contributed by atoms with van der Waals surface area (Å²) in [5, 5.41) is 19.5. The van der Waals surface area contributed by atoms with Crippen LogP contribution in [0.2, 0.25) is 0 Å². The van der Waals surface area contributed by atoms with E-state index in [9.17, 15) is 10.2 Å². The fourth-order valence-electron chi connectivity index (χ4n) is 2.88. The Morgan fingerprint density at radius 2 is 1.65 bits per heavy atom. The van der Waals surface area contributed by atoms with Crippen LogP contribution in [-0.2, 0) is 0 Å². The third-order valence-electron chi connectivity index (χ3n) is 4.06. The zero-order valence-corrected chi connectivity index (χ0v) is 10.9. The van der Waals surface area contributed by atoms with E-state index < -0.39 is 0 Å². The maximum atomic E-state index is 10.0. The minimum absolute atomic E-state index is 0.182. The van der Waals surface area contributed by atoms with Gasteiger partial charge in [-0.2, -0.15) is 0 Å². The predicted octanol–water partition coefficient (Wildman–Crippen LogP) is 0.146. The van der Waals surface area contributed by atoms with E-state index in [0.29, 0.717) is 6.54 Å². The molecule has 2 saturated heterocycles. The molecule has 2 unspecified atom stereocenters. The molecule has 0 spiro atoms. The van der Waals surface area contributed by atoms with E-state index in [2.05, 4.69) is 16.7 Å². The third-order valence-corrected chi connectivity index (χ3v) is 4.06. The molecule has 2 aliphatic rings. The first-order chi connectivity index (χ1) is 8.13. The smallest absolute Gasteiger partial charge is 0.0793 e. The second-order valence-electron chi connectivity index (χ2n) is 5.84. The van der Waals surface area contributed by atoms with Gasteiger partial charge in [0.05, 0.1) is 12.2 Å². The Morgan fingerprint density at radius 1 is 1.06 bits per heavy atom. The van der Waals surface area contributed by atoms with Crippen molar-refractivity contribution in [3.05, 3.63) is 0 Å². The number of piperidine rings is 1. The van der Waals surface area contributed by atoms with Crippen molar-refractivity contribution in [1.29, 1.82) is 0 Å². The van der Waals surface area contributed by atoms with Crippen LogP contribution in [0.1, 0.15) is 26.2 Å².